The molecular formula is C12H14N2O2. The number of pyridine rings is 1. The topological polar surface area (TPSA) is 50.3 Å². The monoisotopic (exact) mass is 218 g/mol. The van der Waals surface area contributed by atoms with Gasteiger partial charge in [-0.1, -0.05) is 6.07 Å². The van der Waals surface area contributed by atoms with Gasteiger partial charge in [0.15, 0.2) is 0 Å². The van der Waals surface area contributed by atoms with Crippen LogP contribution in [0.4, 0.5) is 0 Å². The minimum atomic E-state index is -0.0724. The zero-order valence-corrected chi connectivity index (χ0v) is 9.27. The van der Waals surface area contributed by atoms with Gasteiger partial charge in [0.2, 0.25) is 5.91 Å². The Kier molecular flexibility index (Phi) is 2.99. The molecule has 1 aliphatic rings. The van der Waals surface area contributed by atoms with Crippen LogP contribution in [-0.2, 0) is 16.1 Å². The molecule has 0 unspecified atom stereocenters. The molecule has 2 rings (SSSR count). The van der Waals surface area contributed by atoms with E-state index >= 15 is 0 Å². The van der Waals surface area contributed by atoms with Crippen LogP contribution in [0.2, 0.25) is 0 Å². The molecule has 0 atom stereocenters. The zero-order chi connectivity index (χ0) is 11.5. The van der Waals surface area contributed by atoms with E-state index in [0.29, 0.717) is 19.5 Å². The number of hydrogen-bond acceptors (Lipinski definition) is 3. The minimum Gasteiger partial charge on any atom is -0.337 e. The van der Waals surface area contributed by atoms with Gasteiger partial charge in [-0.2, -0.15) is 0 Å². The van der Waals surface area contributed by atoms with Crippen LogP contribution >= 0.6 is 0 Å². The molecule has 0 aromatic carbocycles. The van der Waals surface area contributed by atoms with E-state index in [2.05, 4.69) is 4.98 Å². The molecule has 1 aromatic rings. The fourth-order valence-electron chi connectivity index (χ4n) is 1.73. The summed E-state index contributed by atoms with van der Waals surface area (Å²) in [5, 5.41) is 0. The maximum Gasteiger partial charge on any atom is 0.230 e. The second-order valence-corrected chi connectivity index (χ2v) is 4.09. The van der Waals surface area contributed by atoms with Gasteiger partial charge >= 0.3 is 0 Å². The van der Waals surface area contributed by atoms with Gasteiger partial charge < -0.3 is 4.90 Å². The number of rotatable bonds is 2. The molecule has 1 saturated heterocycles. The number of ketones is 1. The highest BCUT2D eigenvalue weighted by Crippen LogP contribution is 2.12. The standard InChI is InChI=1S/C12H14N2O2/c1-9-2-3-10(7-13-9)8-14-5-4-11(15)6-12(14)16/h2-3,7H,4-6,8H2,1H3. The fourth-order valence-corrected chi connectivity index (χ4v) is 1.73. The first-order valence-corrected chi connectivity index (χ1v) is 5.36. The largest absolute Gasteiger partial charge is 0.337 e. The van der Waals surface area contributed by atoms with Gasteiger partial charge in [-0.3, -0.25) is 14.6 Å². The molecule has 4 heteroatoms. The molecule has 0 saturated carbocycles. The lowest BCUT2D eigenvalue weighted by atomic mass is 10.1. The number of piperidine rings is 1. The summed E-state index contributed by atoms with van der Waals surface area (Å²) in [6, 6.07) is 3.89. The van der Waals surface area contributed by atoms with Crippen LogP contribution in [0, 0.1) is 6.92 Å². The van der Waals surface area contributed by atoms with Crippen LogP contribution in [0.1, 0.15) is 24.1 Å². The molecule has 0 radical (unpaired) electrons. The number of aromatic nitrogens is 1. The van der Waals surface area contributed by atoms with E-state index in [1.165, 1.54) is 0 Å². The average molecular weight is 218 g/mol. The Balaban J connectivity index is 2.02. The van der Waals surface area contributed by atoms with Crippen molar-refractivity contribution in [3.63, 3.8) is 0 Å². The molecule has 1 amide bonds. The maximum atomic E-state index is 11.6. The molecule has 0 N–H and O–H groups in total. The minimum absolute atomic E-state index is 0.0447. The molecule has 4 nitrogen and oxygen atoms in total. The predicted molar refractivity (Wildman–Crippen MR) is 58.6 cm³/mol. The lowest BCUT2D eigenvalue weighted by Crippen LogP contribution is -2.38. The summed E-state index contributed by atoms with van der Waals surface area (Å²) in [5.41, 5.74) is 1.97. The van der Waals surface area contributed by atoms with Crippen molar-refractivity contribution in [2.75, 3.05) is 6.54 Å². The summed E-state index contributed by atoms with van der Waals surface area (Å²) in [5.74, 6) is -0.0277. The summed E-state index contributed by atoms with van der Waals surface area (Å²) in [4.78, 5) is 28.5. The molecular weight excluding hydrogens is 204 g/mol. The Morgan fingerprint density at radius 2 is 2.19 bits per heavy atom. The van der Waals surface area contributed by atoms with Crippen molar-refractivity contribution < 1.29 is 9.59 Å². The quantitative estimate of drug-likeness (QED) is 0.698. The summed E-state index contributed by atoms with van der Waals surface area (Å²) < 4.78 is 0. The molecule has 84 valence electrons. The Morgan fingerprint density at radius 1 is 1.38 bits per heavy atom. The number of carbonyl (C=O) groups excluding carboxylic acids is 2. The number of hydrogen-bond donors (Lipinski definition) is 0. The van der Waals surface area contributed by atoms with Gasteiger partial charge in [-0.05, 0) is 18.6 Å². The summed E-state index contributed by atoms with van der Waals surface area (Å²) >= 11 is 0. The molecule has 1 aromatic heterocycles. The van der Waals surface area contributed by atoms with Gasteiger partial charge in [0.1, 0.15) is 5.78 Å². The highest BCUT2D eigenvalue weighted by molar-refractivity contribution is 6.00. The third kappa shape index (κ3) is 2.45. The van der Waals surface area contributed by atoms with Gasteiger partial charge in [0, 0.05) is 31.4 Å². The SMILES string of the molecule is Cc1ccc(CN2CCC(=O)CC2=O)cn1. The van der Waals surface area contributed by atoms with E-state index in [9.17, 15) is 9.59 Å². The predicted octanol–water partition coefficient (Wildman–Crippen LogP) is 1.08. The molecule has 1 aliphatic heterocycles. The van der Waals surface area contributed by atoms with E-state index in [-0.39, 0.29) is 18.1 Å². The van der Waals surface area contributed by atoms with E-state index in [0.717, 1.165) is 11.3 Å². The first-order valence-electron chi connectivity index (χ1n) is 5.36. The zero-order valence-electron chi connectivity index (χ0n) is 9.27. The Labute approximate surface area is 94.3 Å². The van der Waals surface area contributed by atoms with Crippen molar-refractivity contribution in [3.8, 4) is 0 Å². The first kappa shape index (κ1) is 10.8. The van der Waals surface area contributed by atoms with Crippen LogP contribution in [0.5, 0.6) is 0 Å². The first-order chi connectivity index (χ1) is 7.65. The van der Waals surface area contributed by atoms with E-state index < -0.39 is 0 Å². The van der Waals surface area contributed by atoms with Crippen molar-refractivity contribution >= 4 is 11.7 Å². The molecule has 2 heterocycles. The summed E-state index contributed by atoms with van der Waals surface area (Å²) in [6.07, 6.45) is 2.31. The van der Waals surface area contributed by atoms with E-state index in [1.54, 1.807) is 11.1 Å². The average Bonchev–Trinajstić information content (AvgIpc) is 2.25. The number of likely N-dealkylation sites (tertiary alicyclic amines) is 1. The van der Waals surface area contributed by atoms with Crippen LogP contribution in [0.25, 0.3) is 0 Å². The van der Waals surface area contributed by atoms with E-state index in [4.69, 9.17) is 0 Å². The maximum absolute atomic E-state index is 11.6. The van der Waals surface area contributed by atoms with Crippen LogP contribution < -0.4 is 0 Å². The lowest BCUT2D eigenvalue weighted by molar-refractivity contribution is -0.139. The highest BCUT2D eigenvalue weighted by atomic mass is 16.2. The Hall–Kier alpha value is -1.71. The summed E-state index contributed by atoms with van der Waals surface area (Å²) in [6.45, 7) is 3.01. The number of carbonyl (C=O) groups is 2. The van der Waals surface area contributed by atoms with E-state index in [1.807, 2.05) is 19.1 Å². The third-order valence-corrected chi connectivity index (χ3v) is 2.71. The highest BCUT2D eigenvalue weighted by Gasteiger charge is 2.23. The van der Waals surface area contributed by atoms with Gasteiger partial charge in [0.05, 0.1) is 6.42 Å². The molecule has 1 fully saturated rings. The van der Waals surface area contributed by atoms with Gasteiger partial charge in [-0.25, -0.2) is 0 Å². The molecule has 16 heavy (non-hydrogen) atoms. The van der Waals surface area contributed by atoms with Crippen LogP contribution in [0.3, 0.4) is 0 Å². The third-order valence-electron chi connectivity index (χ3n) is 2.71. The van der Waals surface area contributed by atoms with Crippen LogP contribution in [0.15, 0.2) is 18.3 Å². The van der Waals surface area contributed by atoms with Crippen molar-refractivity contribution in [3.05, 3.63) is 29.6 Å². The van der Waals surface area contributed by atoms with Crippen molar-refractivity contribution in [1.82, 2.24) is 9.88 Å². The normalized spacial score (nSPS) is 16.7. The van der Waals surface area contributed by atoms with Crippen molar-refractivity contribution in [1.29, 1.82) is 0 Å². The van der Waals surface area contributed by atoms with Crippen molar-refractivity contribution in [2.24, 2.45) is 0 Å². The van der Waals surface area contributed by atoms with Crippen molar-refractivity contribution in [2.45, 2.75) is 26.3 Å². The number of amides is 1. The fraction of sp³-hybridized carbons (Fsp3) is 0.417. The smallest absolute Gasteiger partial charge is 0.230 e. The Morgan fingerprint density at radius 3 is 2.81 bits per heavy atom. The van der Waals surface area contributed by atoms with Gasteiger partial charge in [-0.15, -0.1) is 0 Å². The number of aryl methyl sites for hydroxylation is 1. The van der Waals surface area contributed by atoms with Crippen LogP contribution in [-0.4, -0.2) is 28.1 Å². The lowest BCUT2D eigenvalue weighted by Gasteiger charge is -2.25. The van der Waals surface area contributed by atoms with Gasteiger partial charge in [0.25, 0.3) is 0 Å². The summed E-state index contributed by atoms with van der Waals surface area (Å²) in [7, 11) is 0. The number of Topliss-reactive ketones (excluding diaryl/α,β-unsaturated/α-hetero) is 1. The molecule has 0 bridgehead atoms. The second-order valence-electron chi connectivity index (χ2n) is 4.09. The molecule has 0 spiro atoms. The Bertz CT molecular complexity index is 412. The second kappa shape index (κ2) is 4.43. The molecule has 0 aliphatic carbocycles. The number of nitrogens with zero attached hydrogens (tertiary/aromatic N) is 2.